The number of benzene rings is 1. The summed E-state index contributed by atoms with van der Waals surface area (Å²) in [4.78, 5) is 18.2. The van der Waals surface area contributed by atoms with Crippen molar-refractivity contribution in [3.63, 3.8) is 0 Å². The Morgan fingerprint density at radius 2 is 2.09 bits per heavy atom. The Kier molecular flexibility index (Phi) is 5.16. The van der Waals surface area contributed by atoms with E-state index >= 15 is 0 Å². The number of rotatable bonds is 7. The van der Waals surface area contributed by atoms with Crippen molar-refractivity contribution < 1.29 is 4.79 Å². The SMILES string of the molecule is O=C1CSC(CCc2ccccc2)N1CCCn1ccnc1. The highest BCUT2D eigenvalue weighted by Crippen LogP contribution is 2.28. The summed E-state index contributed by atoms with van der Waals surface area (Å²) in [7, 11) is 0. The van der Waals surface area contributed by atoms with Crippen LogP contribution >= 0.6 is 11.8 Å². The van der Waals surface area contributed by atoms with Gasteiger partial charge in [-0.05, 0) is 24.8 Å². The predicted molar refractivity (Wildman–Crippen MR) is 89.6 cm³/mol. The van der Waals surface area contributed by atoms with E-state index < -0.39 is 0 Å². The minimum absolute atomic E-state index is 0.286. The molecule has 1 atom stereocenters. The molecule has 1 unspecified atom stereocenters. The largest absolute Gasteiger partial charge is 0.337 e. The van der Waals surface area contributed by atoms with Crippen LogP contribution in [0.15, 0.2) is 49.1 Å². The van der Waals surface area contributed by atoms with E-state index in [1.165, 1.54) is 5.56 Å². The highest BCUT2D eigenvalue weighted by atomic mass is 32.2. The van der Waals surface area contributed by atoms with Crippen molar-refractivity contribution in [3.05, 3.63) is 54.6 Å². The number of nitrogens with zero attached hydrogens (tertiary/aromatic N) is 3. The fourth-order valence-electron chi connectivity index (χ4n) is 2.79. The molecule has 116 valence electrons. The molecule has 0 radical (unpaired) electrons. The highest BCUT2D eigenvalue weighted by molar-refractivity contribution is 8.00. The van der Waals surface area contributed by atoms with Crippen LogP contribution in [0, 0.1) is 0 Å². The zero-order valence-corrected chi connectivity index (χ0v) is 13.4. The summed E-state index contributed by atoms with van der Waals surface area (Å²) in [6.45, 7) is 1.75. The standard InChI is InChI=1S/C17H21N3OS/c21-16-13-22-17(8-7-15-5-2-1-3-6-15)20(16)11-4-10-19-12-9-18-14-19/h1-3,5-6,9,12,14,17H,4,7-8,10-11,13H2. The average Bonchev–Trinajstić information content (AvgIpc) is 3.18. The molecule has 0 N–H and O–H groups in total. The van der Waals surface area contributed by atoms with E-state index in [9.17, 15) is 4.79 Å². The molecule has 1 aromatic carbocycles. The molecule has 2 aromatic rings. The molecule has 0 saturated carbocycles. The summed E-state index contributed by atoms with van der Waals surface area (Å²) in [5, 5.41) is 0.329. The molecule has 1 amide bonds. The van der Waals surface area contributed by atoms with E-state index in [0.717, 1.165) is 32.4 Å². The van der Waals surface area contributed by atoms with Crippen LogP contribution < -0.4 is 0 Å². The Labute approximate surface area is 135 Å². The summed E-state index contributed by atoms with van der Waals surface area (Å²) in [5.41, 5.74) is 1.35. The van der Waals surface area contributed by atoms with Crippen LogP contribution in [-0.4, -0.2) is 38.0 Å². The number of carbonyl (C=O) groups excluding carboxylic acids is 1. The van der Waals surface area contributed by atoms with Crippen LogP contribution in [0.3, 0.4) is 0 Å². The summed E-state index contributed by atoms with van der Waals surface area (Å²) in [5.74, 6) is 0.915. The van der Waals surface area contributed by atoms with Crippen molar-refractivity contribution in [1.82, 2.24) is 14.5 Å². The smallest absolute Gasteiger partial charge is 0.233 e. The minimum Gasteiger partial charge on any atom is -0.337 e. The van der Waals surface area contributed by atoms with Crippen molar-refractivity contribution >= 4 is 17.7 Å². The van der Waals surface area contributed by atoms with E-state index in [0.29, 0.717) is 11.1 Å². The molecular formula is C17H21N3OS. The van der Waals surface area contributed by atoms with Crippen LogP contribution in [0.25, 0.3) is 0 Å². The molecule has 0 aliphatic carbocycles. The Balaban J connectivity index is 1.48. The summed E-state index contributed by atoms with van der Waals surface area (Å²) in [6, 6.07) is 10.5. The molecule has 1 fully saturated rings. The van der Waals surface area contributed by atoms with E-state index in [1.807, 2.05) is 18.6 Å². The molecule has 1 aliphatic rings. The van der Waals surface area contributed by atoms with Gasteiger partial charge in [0.1, 0.15) is 0 Å². The maximum absolute atomic E-state index is 12.1. The van der Waals surface area contributed by atoms with Gasteiger partial charge in [-0.1, -0.05) is 30.3 Å². The molecular weight excluding hydrogens is 294 g/mol. The minimum atomic E-state index is 0.286. The van der Waals surface area contributed by atoms with Gasteiger partial charge >= 0.3 is 0 Å². The normalized spacial score (nSPS) is 18.1. The van der Waals surface area contributed by atoms with E-state index in [2.05, 4.69) is 38.7 Å². The van der Waals surface area contributed by atoms with Gasteiger partial charge in [-0.2, -0.15) is 0 Å². The third kappa shape index (κ3) is 3.91. The molecule has 4 nitrogen and oxygen atoms in total. The molecule has 3 rings (SSSR count). The Bertz CT molecular complexity index is 585. The van der Waals surface area contributed by atoms with Crippen LogP contribution in [0.5, 0.6) is 0 Å². The zero-order chi connectivity index (χ0) is 15.2. The number of hydrogen-bond acceptors (Lipinski definition) is 3. The fourth-order valence-corrected chi connectivity index (χ4v) is 3.97. The third-order valence-electron chi connectivity index (χ3n) is 3.96. The topological polar surface area (TPSA) is 38.1 Å². The molecule has 22 heavy (non-hydrogen) atoms. The number of imidazole rings is 1. The summed E-state index contributed by atoms with van der Waals surface area (Å²) in [6.07, 6.45) is 8.63. The van der Waals surface area contributed by atoms with Crippen molar-refractivity contribution in [2.45, 2.75) is 31.2 Å². The number of aromatic nitrogens is 2. The van der Waals surface area contributed by atoms with Crippen molar-refractivity contribution in [2.24, 2.45) is 0 Å². The maximum Gasteiger partial charge on any atom is 0.233 e. The molecule has 2 heterocycles. The third-order valence-corrected chi connectivity index (χ3v) is 5.25. The van der Waals surface area contributed by atoms with Gasteiger partial charge in [-0.25, -0.2) is 4.98 Å². The van der Waals surface area contributed by atoms with Gasteiger partial charge in [0.15, 0.2) is 0 Å². The van der Waals surface area contributed by atoms with Crippen LogP contribution in [0.4, 0.5) is 0 Å². The van der Waals surface area contributed by atoms with Crippen molar-refractivity contribution in [1.29, 1.82) is 0 Å². The van der Waals surface area contributed by atoms with Crippen LogP contribution in [0.2, 0.25) is 0 Å². The lowest BCUT2D eigenvalue weighted by Crippen LogP contribution is -2.34. The van der Waals surface area contributed by atoms with E-state index in [-0.39, 0.29) is 5.91 Å². The van der Waals surface area contributed by atoms with Gasteiger partial charge in [0.2, 0.25) is 5.91 Å². The lowest BCUT2D eigenvalue weighted by Gasteiger charge is -2.24. The average molecular weight is 315 g/mol. The molecule has 0 spiro atoms. The predicted octanol–water partition coefficient (Wildman–Crippen LogP) is 2.81. The Morgan fingerprint density at radius 1 is 1.23 bits per heavy atom. The van der Waals surface area contributed by atoms with E-state index in [4.69, 9.17) is 0 Å². The number of hydrogen-bond donors (Lipinski definition) is 0. The number of aryl methyl sites for hydroxylation is 2. The zero-order valence-electron chi connectivity index (χ0n) is 12.6. The Hall–Kier alpha value is -1.75. The first-order chi connectivity index (χ1) is 10.8. The number of carbonyl (C=O) groups is 1. The Morgan fingerprint density at radius 3 is 2.86 bits per heavy atom. The highest BCUT2D eigenvalue weighted by Gasteiger charge is 2.30. The maximum atomic E-state index is 12.1. The molecule has 1 aromatic heterocycles. The monoisotopic (exact) mass is 315 g/mol. The van der Waals surface area contributed by atoms with E-state index in [1.54, 1.807) is 18.0 Å². The summed E-state index contributed by atoms with van der Waals surface area (Å²) < 4.78 is 2.06. The lowest BCUT2D eigenvalue weighted by atomic mass is 10.1. The van der Waals surface area contributed by atoms with Gasteiger partial charge in [-0.3, -0.25) is 4.79 Å². The van der Waals surface area contributed by atoms with Gasteiger partial charge in [-0.15, -0.1) is 11.8 Å². The first kappa shape index (κ1) is 15.2. The lowest BCUT2D eigenvalue weighted by molar-refractivity contribution is -0.128. The quantitative estimate of drug-likeness (QED) is 0.788. The van der Waals surface area contributed by atoms with Gasteiger partial charge in [0, 0.05) is 25.5 Å². The summed E-state index contributed by atoms with van der Waals surface area (Å²) >= 11 is 1.78. The first-order valence-corrected chi connectivity index (χ1v) is 8.78. The van der Waals surface area contributed by atoms with Gasteiger partial charge in [0.25, 0.3) is 0 Å². The fraction of sp³-hybridized carbons (Fsp3) is 0.412. The molecule has 1 aliphatic heterocycles. The van der Waals surface area contributed by atoms with Gasteiger partial charge < -0.3 is 9.47 Å². The van der Waals surface area contributed by atoms with Crippen molar-refractivity contribution in [3.8, 4) is 0 Å². The first-order valence-electron chi connectivity index (χ1n) is 7.73. The molecule has 0 bridgehead atoms. The second-order valence-corrected chi connectivity index (χ2v) is 6.70. The second kappa shape index (κ2) is 7.49. The number of thioether (sulfide) groups is 1. The molecule has 5 heteroatoms. The number of amides is 1. The van der Waals surface area contributed by atoms with Crippen LogP contribution in [0.1, 0.15) is 18.4 Å². The molecule has 1 saturated heterocycles. The van der Waals surface area contributed by atoms with Crippen LogP contribution in [-0.2, 0) is 17.8 Å². The second-order valence-electron chi connectivity index (χ2n) is 5.53. The van der Waals surface area contributed by atoms with Crippen molar-refractivity contribution in [2.75, 3.05) is 12.3 Å². The van der Waals surface area contributed by atoms with Gasteiger partial charge in [0.05, 0.1) is 17.5 Å².